The number of carbonyl (C=O) groups excluding carboxylic acids is 1. The number of hydrogen-bond acceptors (Lipinski definition) is 2. The van der Waals surface area contributed by atoms with Gasteiger partial charge in [0.1, 0.15) is 0 Å². The average molecular weight is 328 g/mol. The number of amides is 1. The third-order valence-electron chi connectivity index (χ3n) is 4.09. The molecule has 1 heterocycles. The maximum Gasteiger partial charge on any atom is 0.414 e. The molecule has 3 nitrogen and oxygen atoms in total. The van der Waals surface area contributed by atoms with Crippen LogP contribution in [0.15, 0.2) is 54.6 Å². The Morgan fingerprint density at radius 3 is 2.57 bits per heavy atom. The van der Waals surface area contributed by atoms with Crippen LogP contribution in [0.5, 0.6) is 0 Å². The molecule has 1 aliphatic heterocycles. The van der Waals surface area contributed by atoms with Crippen molar-refractivity contribution in [3.8, 4) is 0 Å². The average Bonchev–Trinajstić information content (AvgIpc) is 2.57. The molecular weight excluding hydrogens is 310 g/mol. The predicted octanol–water partition coefficient (Wildman–Crippen LogP) is 4.94. The summed E-state index contributed by atoms with van der Waals surface area (Å²) in [6, 6.07) is 15.5. The summed E-state index contributed by atoms with van der Waals surface area (Å²) in [5.41, 5.74) is 4.24. The van der Waals surface area contributed by atoms with E-state index in [4.69, 9.17) is 16.3 Å². The van der Waals surface area contributed by atoms with Crippen LogP contribution in [0.3, 0.4) is 0 Å². The van der Waals surface area contributed by atoms with Gasteiger partial charge in [-0.1, -0.05) is 48.0 Å². The molecule has 2 aromatic rings. The zero-order chi connectivity index (χ0) is 16.4. The van der Waals surface area contributed by atoms with Crippen molar-refractivity contribution in [3.63, 3.8) is 0 Å². The summed E-state index contributed by atoms with van der Waals surface area (Å²) in [5, 5.41) is 0.708. The van der Waals surface area contributed by atoms with Crippen molar-refractivity contribution in [3.05, 3.63) is 70.8 Å². The molecule has 1 aliphatic rings. The topological polar surface area (TPSA) is 29.5 Å². The SMILES string of the molecule is COC(=O)N1c2ccccc2C(C)=CC1Cc1ccc(Cl)cc1. The first kappa shape index (κ1) is 15.6. The van der Waals surface area contributed by atoms with E-state index in [1.54, 1.807) is 4.90 Å². The van der Waals surface area contributed by atoms with Gasteiger partial charge in [-0.2, -0.15) is 0 Å². The lowest BCUT2D eigenvalue weighted by atomic mass is 9.93. The molecule has 0 saturated carbocycles. The van der Waals surface area contributed by atoms with Crippen LogP contribution in [0.2, 0.25) is 5.02 Å². The molecule has 0 radical (unpaired) electrons. The van der Waals surface area contributed by atoms with Gasteiger partial charge in [-0.05, 0) is 42.7 Å². The fourth-order valence-corrected chi connectivity index (χ4v) is 3.12. The second kappa shape index (κ2) is 6.47. The van der Waals surface area contributed by atoms with Gasteiger partial charge in [0.25, 0.3) is 0 Å². The van der Waals surface area contributed by atoms with E-state index in [0.717, 1.165) is 16.8 Å². The number of para-hydroxylation sites is 1. The monoisotopic (exact) mass is 327 g/mol. The molecule has 0 bridgehead atoms. The van der Waals surface area contributed by atoms with Crippen LogP contribution in [0.4, 0.5) is 10.5 Å². The van der Waals surface area contributed by atoms with E-state index < -0.39 is 0 Å². The molecule has 1 amide bonds. The number of hydrogen-bond donors (Lipinski definition) is 0. The Morgan fingerprint density at radius 2 is 1.87 bits per heavy atom. The molecule has 0 N–H and O–H groups in total. The van der Waals surface area contributed by atoms with Gasteiger partial charge in [0.2, 0.25) is 0 Å². The van der Waals surface area contributed by atoms with Crippen LogP contribution in [-0.4, -0.2) is 19.2 Å². The highest BCUT2D eigenvalue weighted by molar-refractivity contribution is 6.30. The summed E-state index contributed by atoms with van der Waals surface area (Å²) >= 11 is 5.95. The quantitative estimate of drug-likeness (QED) is 0.781. The highest BCUT2D eigenvalue weighted by Crippen LogP contribution is 2.35. The number of allylic oxidation sites excluding steroid dienone is 1. The second-order valence-electron chi connectivity index (χ2n) is 5.60. The lowest BCUT2D eigenvalue weighted by molar-refractivity contribution is 0.177. The molecule has 0 aliphatic carbocycles. The van der Waals surface area contributed by atoms with Crippen molar-refractivity contribution in [2.75, 3.05) is 12.0 Å². The Bertz CT molecular complexity index is 752. The first-order valence-electron chi connectivity index (χ1n) is 7.49. The van der Waals surface area contributed by atoms with E-state index in [0.29, 0.717) is 11.4 Å². The number of ether oxygens (including phenoxy) is 1. The van der Waals surface area contributed by atoms with Gasteiger partial charge in [-0.3, -0.25) is 4.90 Å². The Kier molecular flexibility index (Phi) is 4.39. The van der Waals surface area contributed by atoms with Crippen molar-refractivity contribution in [2.45, 2.75) is 19.4 Å². The van der Waals surface area contributed by atoms with Crippen molar-refractivity contribution in [2.24, 2.45) is 0 Å². The normalized spacial score (nSPS) is 16.6. The summed E-state index contributed by atoms with van der Waals surface area (Å²) in [4.78, 5) is 14.1. The summed E-state index contributed by atoms with van der Waals surface area (Å²) < 4.78 is 5.01. The number of rotatable bonds is 2. The summed E-state index contributed by atoms with van der Waals surface area (Å²) in [6.45, 7) is 2.07. The molecule has 118 valence electrons. The smallest absolute Gasteiger partial charge is 0.414 e. The van der Waals surface area contributed by atoms with Crippen LogP contribution in [0.1, 0.15) is 18.1 Å². The zero-order valence-electron chi connectivity index (χ0n) is 13.1. The molecule has 0 fully saturated rings. The van der Waals surface area contributed by atoms with E-state index in [9.17, 15) is 4.79 Å². The second-order valence-corrected chi connectivity index (χ2v) is 6.04. The fraction of sp³-hybridized carbons (Fsp3) is 0.211. The Morgan fingerprint density at radius 1 is 1.17 bits per heavy atom. The molecular formula is C19H18ClNO2. The van der Waals surface area contributed by atoms with Crippen LogP contribution in [0.25, 0.3) is 5.57 Å². The molecule has 1 unspecified atom stereocenters. The predicted molar refractivity (Wildman–Crippen MR) is 93.9 cm³/mol. The van der Waals surface area contributed by atoms with E-state index in [1.807, 2.05) is 48.5 Å². The third-order valence-corrected chi connectivity index (χ3v) is 4.34. The van der Waals surface area contributed by atoms with Gasteiger partial charge in [-0.25, -0.2) is 4.79 Å². The maximum absolute atomic E-state index is 12.3. The Labute approximate surface area is 141 Å². The highest BCUT2D eigenvalue weighted by atomic mass is 35.5. The first-order chi connectivity index (χ1) is 11.1. The van der Waals surface area contributed by atoms with E-state index >= 15 is 0 Å². The van der Waals surface area contributed by atoms with Gasteiger partial charge in [0.15, 0.2) is 0 Å². The number of methoxy groups -OCH3 is 1. The minimum Gasteiger partial charge on any atom is -0.452 e. The molecule has 2 aromatic carbocycles. The number of fused-ring (bicyclic) bond motifs is 1. The van der Waals surface area contributed by atoms with E-state index in [-0.39, 0.29) is 12.1 Å². The number of anilines is 1. The number of carbonyl (C=O) groups is 1. The number of halogens is 1. The summed E-state index contributed by atoms with van der Waals surface area (Å²) in [5.74, 6) is 0. The molecule has 3 rings (SSSR count). The zero-order valence-corrected chi connectivity index (χ0v) is 13.9. The maximum atomic E-state index is 12.3. The first-order valence-corrected chi connectivity index (χ1v) is 7.87. The van der Waals surface area contributed by atoms with Crippen molar-refractivity contribution < 1.29 is 9.53 Å². The van der Waals surface area contributed by atoms with Gasteiger partial charge < -0.3 is 4.74 Å². The van der Waals surface area contributed by atoms with Gasteiger partial charge in [0, 0.05) is 10.6 Å². The van der Waals surface area contributed by atoms with E-state index in [1.165, 1.54) is 12.7 Å². The molecule has 0 aromatic heterocycles. The molecule has 1 atom stereocenters. The van der Waals surface area contributed by atoms with Gasteiger partial charge in [0.05, 0.1) is 18.8 Å². The highest BCUT2D eigenvalue weighted by Gasteiger charge is 2.30. The van der Waals surface area contributed by atoms with Gasteiger partial charge >= 0.3 is 6.09 Å². The Hall–Kier alpha value is -2.26. The third kappa shape index (κ3) is 3.10. The van der Waals surface area contributed by atoms with Crippen LogP contribution >= 0.6 is 11.6 Å². The lowest BCUT2D eigenvalue weighted by Crippen LogP contribution is -2.43. The standard InChI is InChI=1S/C19H18ClNO2/c1-13-11-16(12-14-7-9-15(20)10-8-14)21(19(22)23-2)18-6-4-3-5-17(13)18/h3-11,16H,12H2,1-2H3. The number of benzene rings is 2. The summed E-state index contributed by atoms with van der Waals surface area (Å²) in [6.07, 6.45) is 2.48. The van der Waals surface area contributed by atoms with Crippen LogP contribution in [-0.2, 0) is 11.2 Å². The summed E-state index contributed by atoms with van der Waals surface area (Å²) in [7, 11) is 1.41. The van der Waals surface area contributed by atoms with Crippen LogP contribution < -0.4 is 4.90 Å². The van der Waals surface area contributed by atoms with Crippen molar-refractivity contribution in [1.82, 2.24) is 0 Å². The minimum atomic E-state index is -0.347. The van der Waals surface area contributed by atoms with E-state index in [2.05, 4.69) is 13.0 Å². The largest absolute Gasteiger partial charge is 0.452 e. The van der Waals surface area contributed by atoms with Crippen molar-refractivity contribution in [1.29, 1.82) is 0 Å². The van der Waals surface area contributed by atoms with Gasteiger partial charge in [-0.15, -0.1) is 0 Å². The fourth-order valence-electron chi connectivity index (χ4n) is 2.99. The van der Waals surface area contributed by atoms with Crippen LogP contribution in [0, 0.1) is 0 Å². The molecule has 23 heavy (non-hydrogen) atoms. The minimum absolute atomic E-state index is 0.0847. The molecule has 0 saturated heterocycles. The molecule has 0 spiro atoms. The molecule has 4 heteroatoms. The van der Waals surface area contributed by atoms with Crippen molar-refractivity contribution >= 4 is 29.0 Å². The lowest BCUT2D eigenvalue weighted by Gasteiger charge is -2.34. The number of nitrogens with zero attached hydrogens (tertiary/aromatic N) is 1. The Balaban J connectivity index is 1.99.